The van der Waals surface area contributed by atoms with Crippen LogP contribution in [0.4, 0.5) is 0 Å². The van der Waals surface area contributed by atoms with Crippen LogP contribution in [0.3, 0.4) is 0 Å². The van der Waals surface area contributed by atoms with Gasteiger partial charge < -0.3 is 10.2 Å². The van der Waals surface area contributed by atoms with Gasteiger partial charge in [-0.1, -0.05) is 30.3 Å². The average molecular weight is 284 g/mol. The summed E-state index contributed by atoms with van der Waals surface area (Å²) in [6.07, 6.45) is 4.77. The van der Waals surface area contributed by atoms with Crippen molar-refractivity contribution in [1.29, 1.82) is 0 Å². The van der Waals surface area contributed by atoms with Crippen molar-refractivity contribution in [2.24, 2.45) is 17.8 Å². The van der Waals surface area contributed by atoms with Crippen molar-refractivity contribution in [3.05, 3.63) is 35.9 Å². The molecule has 2 saturated carbocycles. The molecule has 0 radical (unpaired) electrons. The van der Waals surface area contributed by atoms with E-state index in [0.717, 1.165) is 32.5 Å². The van der Waals surface area contributed by atoms with Crippen molar-refractivity contribution in [3.8, 4) is 0 Å². The number of piperidine rings is 1. The van der Waals surface area contributed by atoms with Crippen LogP contribution in [0.25, 0.3) is 0 Å². The van der Waals surface area contributed by atoms with Gasteiger partial charge in [0.05, 0.1) is 0 Å². The predicted molar refractivity (Wildman–Crippen MR) is 82.6 cm³/mol. The summed E-state index contributed by atoms with van der Waals surface area (Å²) in [5.41, 5.74) is 1.27. The molecule has 1 saturated heterocycles. The molecule has 3 atom stereocenters. The van der Waals surface area contributed by atoms with E-state index >= 15 is 0 Å². The van der Waals surface area contributed by atoms with E-state index in [1.165, 1.54) is 18.4 Å². The summed E-state index contributed by atoms with van der Waals surface area (Å²) >= 11 is 0. The summed E-state index contributed by atoms with van der Waals surface area (Å²) in [6.45, 7) is 2.97. The van der Waals surface area contributed by atoms with E-state index in [4.69, 9.17) is 0 Å². The first kappa shape index (κ1) is 13.3. The molecular weight excluding hydrogens is 260 g/mol. The van der Waals surface area contributed by atoms with Crippen molar-refractivity contribution < 1.29 is 4.79 Å². The molecule has 0 aromatic heterocycles. The highest BCUT2D eigenvalue weighted by Gasteiger charge is 2.46. The van der Waals surface area contributed by atoms with E-state index in [2.05, 4.69) is 34.5 Å². The molecule has 2 bridgehead atoms. The van der Waals surface area contributed by atoms with Crippen LogP contribution in [0.5, 0.6) is 0 Å². The lowest BCUT2D eigenvalue weighted by Crippen LogP contribution is -2.53. The first-order chi connectivity index (χ1) is 10.3. The lowest BCUT2D eigenvalue weighted by molar-refractivity contribution is -0.138. The Morgan fingerprint density at radius 2 is 1.71 bits per heavy atom. The zero-order valence-corrected chi connectivity index (χ0v) is 12.5. The Balaban J connectivity index is 1.59. The van der Waals surface area contributed by atoms with Crippen LogP contribution in [0.2, 0.25) is 0 Å². The zero-order valence-electron chi connectivity index (χ0n) is 12.5. The number of nitrogens with one attached hydrogen (secondary N) is 1. The third kappa shape index (κ3) is 2.59. The van der Waals surface area contributed by atoms with Gasteiger partial charge >= 0.3 is 0 Å². The Labute approximate surface area is 126 Å². The van der Waals surface area contributed by atoms with Crippen molar-refractivity contribution in [3.63, 3.8) is 0 Å². The monoisotopic (exact) mass is 284 g/mol. The number of hydrogen-bond acceptors (Lipinski definition) is 2. The van der Waals surface area contributed by atoms with Gasteiger partial charge in [-0.25, -0.2) is 0 Å². The van der Waals surface area contributed by atoms with Gasteiger partial charge in [0.2, 0.25) is 5.91 Å². The number of carbonyl (C=O) groups is 1. The Bertz CT molecular complexity index is 495. The standard InChI is InChI=1S/C18H24N2O/c21-18(14-6-7-14)20(12-13-4-2-1-3-5-13)17-15-8-9-16(17)11-19-10-15/h1-5,14-17,19H,6-12H2/t15-,16+,17+. The van der Waals surface area contributed by atoms with Crippen molar-refractivity contribution >= 4 is 5.91 Å². The van der Waals surface area contributed by atoms with Crippen LogP contribution >= 0.6 is 0 Å². The van der Waals surface area contributed by atoms with E-state index in [9.17, 15) is 4.79 Å². The fraction of sp³-hybridized carbons (Fsp3) is 0.611. The van der Waals surface area contributed by atoms with Gasteiger partial charge in [0.15, 0.2) is 0 Å². The second-order valence-electron chi connectivity index (χ2n) is 6.97. The number of rotatable bonds is 4. The van der Waals surface area contributed by atoms with Gasteiger partial charge in [-0.15, -0.1) is 0 Å². The van der Waals surface area contributed by atoms with Crippen molar-refractivity contribution in [2.45, 2.75) is 38.3 Å². The number of nitrogens with zero attached hydrogens (tertiary/aromatic N) is 1. The topological polar surface area (TPSA) is 32.3 Å². The number of amides is 1. The summed E-state index contributed by atoms with van der Waals surface area (Å²) in [6, 6.07) is 11.0. The maximum atomic E-state index is 12.8. The molecule has 1 N–H and O–H groups in total. The van der Waals surface area contributed by atoms with Gasteiger partial charge in [0, 0.05) is 18.5 Å². The molecule has 1 aromatic rings. The third-order valence-electron chi connectivity index (χ3n) is 5.45. The molecule has 1 amide bonds. The molecule has 1 heterocycles. The second-order valence-corrected chi connectivity index (χ2v) is 6.97. The molecule has 3 aliphatic rings. The van der Waals surface area contributed by atoms with E-state index in [1.54, 1.807) is 0 Å². The van der Waals surface area contributed by atoms with Gasteiger partial charge in [-0.3, -0.25) is 4.79 Å². The molecule has 0 spiro atoms. The van der Waals surface area contributed by atoms with E-state index in [-0.39, 0.29) is 0 Å². The maximum absolute atomic E-state index is 12.8. The molecule has 1 aliphatic heterocycles. The minimum Gasteiger partial charge on any atom is -0.334 e. The summed E-state index contributed by atoms with van der Waals surface area (Å²) in [5, 5.41) is 3.54. The first-order valence-corrected chi connectivity index (χ1v) is 8.38. The molecule has 2 aliphatic carbocycles. The SMILES string of the molecule is O=C(C1CC1)N(Cc1ccccc1)[C@H]1[C@@H]2CC[C@H]1CNC2. The summed E-state index contributed by atoms with van der Waals surface area (Å²) in [5.74, 6) is 2.07. The molecular formula is C18H24N2O. The molecule has 0 unspecified atom stereocenters. The van der Waals surface area contributed by atoms with E-state index in [1.807, 2.05) is 6.07 Å². The van der Waals surface area contributed by atoms with Crippen molar-refractivity contribution in [1.82, 2.24) is 10.2 Å². The average Bonchev–Trinajstić information content (AvgIpc) is 3.32. The summed E-state index contributed by atoms with van der Waals surface area (Å²) in [7, 11) is 0. The minimum atomic E-state index is 0.322. The zero-order chi connectivity index (χ0) is 14.2. The molecule has 3 heteroatoms. The first-order valence-electron chi connectivity index (χ1n) is 8.38. The molecule has 3 fully saturated rings. The second kappa shape index (κ2) is 5.45. The fourth-order valence-electron chi connectivity index (χ4n) is 4.24. The van der Waals surface area contributed by atoms with Crippen LogP contribution < -0.4 is 5.32 Å². The highest BCUT2D eigenvalue weighted by atomic mass is 16.2. The Hall–Kier alpha value is -1.35. The number of carbonyl (C=O) groups excluding carboxylic acids is 1. The summed E-state index contributed by atoms with van der Waals surface area (Å²) in [4.78, 5) is 15.1. The highest BCUT2D eigenvalue weighted by Crippen LogP contribution is 2.41. The Kier molecular flexibility index (Phi) is 3.46. The number of benzene rings is 1. The van der Waals surface area contributed by atoms with Gasteiger partial charge in [-0.05, 0) is 56.2 Å². The predicted octanol–water partition coefficient (Wildman–Crippen LogP) is 2.42. The van der Waals surface area contributed by atoms with Crippen LogP contribution in [0, 0.1) is 17.8 Å². The van der Waals surface area contributed by atoms with E-state index in [0.29, 0.717) is 29.7 Å². The third-order valence-corrected chi connectivity index (χ3v) is 5.45. The van der Waals surface area contributed by atoms with Gasteiger partial charge in [0.25, 0.3) is 0 Å². The maximum Gasteiger partial charge on any atom is 0.226 e. The van der Waals surface area contributed by atoms with Gasteiger partial charge in [-0.2, -0.15) is 0 Å². The van der Waals surface area contributed by atoms with E-state index < -0.39 is 0 Å². The van der Waals surface area contributed by atoms with Crippen LogP contribution in [0.15, 0.2) is 30.3 Å². The largest absolute Gasteiger partial charge is 0.334 e. The Morgan fingerprint density at radius 1 is 1.05 bits per heavy atom. The van der Waals surface area contributed by atoms with Crippen LogP contribution in [0.1, 0.15) is 31.2 Å². The highest BCUT2D eigenvalue weighted by molar-refractivity contribution is 5.81. The van der Waals surface area contributed by atoms with Crippen LogP contribution in [-0.4, -0.2) is 29.9 Å². The quantitative estimate of drug-likeness (QED) is 0.921. The molecule has 112 valence electrons. The molecule has 3 nitrogen and oxygen atoms in total. The molecule has 4 rings (SSSR count). The lowest BCUT2D eigenvalue weighted by Gasteiger charge is -2.40. The summed E-state index contributed by atoms with van der Waals surface area (Å²) < 4.78 is 0. The van der Waals surface area contributed by atoms with Crippen LogP contribution in [-0.2, 0) is 11.3 Å². The smallest absolute Gasteiger partial charge is 0.226 e. The normalized spacial score (nSPS) is 31.1. The molecule has 1 aromatic carbocycles. The lowest BCUT2D eigenvalue weighted by atomic mass is 9.91. The Morgan fingerprint density at radius 3 is 2.33 bits per heavy atom. The fourth-order valence-corrected chi connectivity index (χ4v) is 4.24. The number of fused-ring (bicyclic) bond motifs is 2. The van der Waals surface area contributed by atoms with Crippen molar-refractivity contribution in [2.75, 3.05) is 13.1 Å². The van der Waals surface area contributed by atoms with Gasteiger partial charge in [0.1, 0.15) is 0 Å². The minimum absolute atomic E-state index is 0.322. The number of hydrogen-bond donors (Lipinski definition) is 1. The molecule has 21 heavy (non-hydrogen) atoms.